The molecule has 0 saturated carbocycles. The van der Waals surface area contributed by atoms with E-state index >= 15 is 0 Å². The van der Waals surface area contributed by atoms with Crippen LogP contribution in [0.15, 0.2) is 0 Å². The predicted molar refractivity (Wildman–Crippen MR) is 56.5 cm³/mol. The van der Waals surface area contributed by atoms with E-state index in [-0.39, 0.29) is 18.4 Å². The summed E-state index contributed by atoms with van der Waals surface area (Å²) in [7, 11) is 0. The highest BCUT2D eigenvalue weighted by molar-refractivity contribution is 5.85. The number of nitrogens with zero attached hydrogens (tertiary/aromatic N) is 1. The monoisotopic (exact) mass is 215 g/mol. The van der Waals surface area contributed by atoms with Crippen LogP contribution in [0.2, 0.25) is 0 Å². The number of hydrogen-bond acceptors (Lipinski definition) is 3. The third-order valence-corrected chi connectivity index (χ3v) is 3.09. The van der Waals surface area contributed by atoms with Gasteiger partial charge in [0.2, 0.25) is 0 Å². The molecule has 1 heterocycles. The van der Waals surface area contributed by atoms with Crippen LogP contribution >= 0.6 is 0 Å². The maximum Gasteiger partial charge on any atom is 0.278 e. The molecule has 0 radical (unpaired) electrons. The standard InChI is InChI=1S/C11H21NO3/c1-4-5-6-11(9(2)3)10(13)12(14)7-8-15-11/h9,14H,4-8H2,1-3H3. The van der Waals surface area contributed by atoms with Crippen molar-refractivity contribution in [2.75, 3.05) is 13.2 Å². The van der Waals surface area contributed by atoms with Crippen molar-refractivity contribution in [3.8, 4) is 0 Å². The molecule has 1 fully saturated rings. The first-order valence-corrected chi connectivity index (χ1v) is 5.69. The Labute approximate surface area is 91.2 Å². The summed E-state index contributed by atoms with van der Waals surface area (Å²) in [5, 5.41) is 10.3. The molecule has 0 aromatic heterocycles. The van der Waals surface area contributed by atoms with Crippen molar-refractivity contribution in [3.05, 3.63) is 0 Å². The molecule has 4 nitrogen and oxygen atoms in total. The molecular formula is C11H21NO3. The minimum atomic E-state index is -0.803. The smallest absolute Gasteiger partial charge is 0.278 e. The van der Waals surface area contributed by atoms with Gasteiger partial charge in [-0.1, -0.05) is 33.6 Å². The Morgan fingerprint density at radius 1 is 1.60 bits per heavy atom. The van der Waals surface area contributed by atoms with E-state index in [9.17, 15) is 10.0 Å². The topological polar surface area (TPSA) is 49.8 Å². The Hall–Kier alpha value is -0.610. The molecule has 0 spiro atoms. The summed E-state index contributed by atoms with van der Waals surface area (Å²) in [5.74, 6) is -0.191. The molecular weight excluding hydrogens is 194 g/mol. The highest BCUT2D eigenvalue weighted by Gasteiger charge is 2.47. The molecule has 0 aromatic rings. The van der Waals surface area contributed by atoms with Gasteiger partial charge in [0.1, 0.15) is 0 Å². The first kappa shape index (κ1) is 12.5. The summed E-state index contributed by atoms with van der Waals surface area (Å²) in [5.41, 5.74) is -0.803. The van der Waals surface area contributed by atoms with E-state index < -0.39 is 5.60 Å². The van der Waals surface area contributed by atoms with Crippen molar-refractivity contribution in [3.63, 3.8) is 0 Å². The van der Waals surface area contributed by atoms with Crippen LogP contribution in [-0.2, 0) is 9.53 Å². The van der Waals surface area contributed by atoms with E-state index in [1.54, 1.807) is 0 Å². The van der Waals surface area contributed by atoms with Gasteiger partial charge in [0.25, 0.3) is 5.91 Å². The van der Waals surface area contributed by atoms with Crippen LogP contribution in [0.1, 0.15) is 40.0 Å². The lowest BCUT2D eigenvalue weighted by atomic mass is 9.83. The minimum absolute atomic E-state index is 0.0894. The molecule has 88 valence electrons. The average Bonchev–Trinajstić information content (AvgIpc) is 2.20. The molecule has 0 aromatic carbocycles. The number of ether oxygens (including phenoxy) is 1. The predicted octanol–water partition coefficient (Wildman–Crippen LogP) is 1.82. The van der Waals surface area contributed by atoms with Crippen LogP contribution in [0.3, 0.4) is 0 Å². The number of carbonyl (C=O) groups is 1. The van der Waals surface area contributed by atoms with Crippen molar-refractivity contribution in [1.29, 1.82) is 0 Å². The van der Waals surface area contributed by atoms with Crippen LogP contribution in [0.5, 0.6) is 0 Å². The first-order chi connectivity index (χ1) is 7.04. The number of amides is 1. The van der Waals surface area contributed by atoms with Crippen molar-refractivity contribution < 1.29 is 14.7 Å². The molecule has 1 N–H and O–H groups in total. The largest absolute Gasteiger partial charge is 0.363 e. The van der Waals surface area contributed by atoms with Gasteiger partial charge < -0.3 is 4.74 Å². The van der Waals surface area contributed by atoms with Crippen molar-refractivity contribution in [2.24, 2.45) is 5.92 Å². The highest BCUT2D eigenvalue weighted by atomic mass is 16.6. The van der Waals surface area contributed by atoms with Crippen molar-refractivity contribution >= 4 is 5.91 Å². The Morgan fingerprint density at radius 3 is 2.80 bits per heavy atom. The van der Waals surface area contributed by atoms with Gasteiger partial charge in [0.05, 0.1) is 13.2 Å². The van der Waals surface area contributed by atoms with Crippen LogP contribution < -0.4 is 0 Å². The Kier molecular flexibility index (Phi) is 4.11. The molecule has 1 rings (SSSR count). The Bertz CT molecular complexity index is 230. The molecule has 0 aliphatic carbocycles. The molecule has 0 bridgehead atoms. The van der Waals surface area contributed by atoms with Crippen LogP contribution in [0.25, 0.3) is 0 Å². The van der Waals surface area contributed by atoms with Gasteiger partial charge in [-0.05, 0) is 12.3 Å². The zero-order chi connectivity index (χ0) is 11.5. The second-order valence-corrected chi connectivity index (χ2v) is 4.42. The van der Waals surface area contributed by atoms with Gasteiger partial charge in [-0.3, -0.25) is 10.0 Å². The van der Waals surface area contributed by atoms with E-state index in [0.29, 0.717) is 13.0 Å². The van der Waals surface area contributed by atoms with E-state index in [2.05, 4.69) is 6.92 Å². The van der Waals surface area contributed by atoms with E-state index in [0.717, 1.165) is 17.9 Å². The van der Waals surface area contributed by atoms with Crippen LogP contribution in [-0.4, -0.2) is 34.9 Å². The number of rotatable bonds is 4. The fourth-order valence-corrected chi connectivity index (χ4v) is 2.02. The third-order valence-electron chi connectivity index (χ3n) is 3.09. The van der Waals surface area contributed by atoms with Gasteiger partial charge in [0, 0.05) is 0 Å². The number of hydroxylamine groups is 2. The zero-order valence-corrected chi connectivity index (χ0v) is 9.82. The summed E-state index contributed by atoms with van der Waals surface area (Å²) in [6.45, 7) is 6.71. The van der Waals surface area contributed by atoms with Gasteiger partial charge in [-0.2, -0.15) is 0 Å². The molecule has 15 heavy (non-hydrogen) atoms. The number of unbranched alkanes of at least 4 members (excludes halogenated alkanes) is 1. The summed E-state index contributed by atoms with van der Waals surface area (Å²) in [4.78, 5) is 11.9. The minimum Gasteiger partial charge on any atom is -0.363 e. The number of morpholine rings is 1. The lowest BCUT2D eigenvalue weighted by Gasteiger charge is -2.41. The Morgan fingerprint density at radius 2 is 2.27 bits per heavy atom. The fourth-order valence-electron chi connectivity index (χ4n) is 2.02. The molecule has 1 atom stereocenters. The van der Waals surface area contributed by atoms with Gasteiger partial charge >= 0.3 is 0 Å². The summed E-state index contributed by atoms with van der Waals surface area (Å²) >= 11 is 0. The second kappa shape index (κ2) is 4.94. The van der Waals surface area contributed by atoms with Crippen LogP contribution in [0.4, 0.5) is 0 Å². The third kappa shape index (κ3) is 2.32. The van der Waals surface area contributed by atoms with Crippen LogP contribution in [0, 0.1) is 5.92 Å². The van der Waals surface area contributed by atoms with Gasteiger partial charge in [-0.15, -0.1) is 0 Å². The summed E-state index contributed by atoms with van der Waals surface area (Å²) in [6, 6.07) is 0. The average molecular weight is 215 g/mol. The summed E-state index contributed by atoms with van der Waals surface area (Å²) in [6.07, 6.45) is 2.66. The fraction of sp³-hybridized carbons (Fsp3) is 0.909. The lowest BCUT2D eigenvalue weighted by molar-refractivity contribution is -0.223. The molecule has 1 unspecified atom stereocenters. The first-order valence-electron chi connectivity index (χ1n) is 5.69. The second-order valence-electron chi connectivity index (χ2n) is 4.42. The lowest BCUT2D eigenvalue weighted by Crippen LogP contribution is -2.58. The Balaban J connectivity index is 2.82. The van der Waals surface area contributed by atoms with Gasteiger partial charge in [-0.25, -0.2) is 5.06 Å². The molecule has 1 saturated heterocycles. The highest BCUT2D eigenvalue weighted by Crippen LogP contribution is 2.32. The number of carbonyl (C=O) groups excluding carboxylic acids is 1. The molecule has 4 heteroatoms. The van der Waals surface area contributed by atoms with Crippen molar-refractivity contribution in [2.45, 2.75) is 45.6 Å². The molecule has 1 aliphatic heterocycles. The summed E-state index contributed by atoms with van der Waals surface area (Å²) < 4.78 is 5.66. The zero-order valence-electron chi connectivity index (χ0n) is 9.82. The number of hydrogen-bond donors (Lipinski definition) is 1. The van der Waals surface area contributed by atoms with E-state index in [1.165, 1.54) is 0 Å². The molecule has 1 amide bonds. The van der Waals surface area contributed by atoms with Gasteiger partial charge in [0.15, 0.2) is 5.60 Å². The van der Waals surface area contributed by atoms with E-state index in [4.69, 9.17) is 4.74 Å². The van der Waals surface area contributed by atoms with Crippen molar-refractivity contribution in [1.82, 2.24) is 5.06 Å². The maximum absolute atomic E-state index is 11.9. The quantitative estimate of drug-likeness (QED) is 0.728. The SMILES string of the molecule is CCCCC1(C(C)C)OCCN(O)C1=O. The molecule has 1 aliphatic rings. The normalized spacial score (nSPS) is 27.5. The maximum atomic E-state index is 11.9. The van der Waals surface area contributed by atoms with E-state index in [1.807, 2.05) is 13.8 Å².